The van der Waals surface area contributed by atoms with E-state index in [1.54, 1.807) is 6.07 Å². The highest BCUT2D eigenvalue weighted by atomic mass is 79.9. The van der Waals surface area contributed by atoms with Crippen LogP contribution in [0.4, 0.5) is 0 Å². The fourth-order valence-corrected chi connectivity index (χ4v) is 3.18. The first-order valence-electron chi connectivity index (χ1n) is 6.15. The van der Waals surface area contributed by atoms with Gasteiger partial charge in [-0.2, -0.15) is 0 Å². The van der Waals surface area contributed by atoms with Gasteiger partial charge in [0.25, 0.3) is 0 Å². The Labute approximate surface area is 122 Å². The van der Waals surface area contributed by atoms with Crippen LogP contribution in [0.25, 0.3) is 0 Å². The summed E-state index contributed by atoms with van der Waals surface area (Å²) < 4.78 is 1.02. The molecule has 0 bridgehead atoms. The van der Waals surface area contributed by atoms with Crippen molar-refractivity contribution < 1.29 is 10.0 Å². The maximum Gasteiger partial charge on any atom is 0.488 e. The lowest BCUT2D eigenvalue weighted by Gasteiger charge is -2.29. The highest BCUT2D eigenvalue weighted by Crippen LogP contribution is 2.35. The zero-order valence-corrected chi connectivity index (χ0v) is 12.6. The molecule has 0 amide bonds. The van der Waals surface area contributed by atoms with Gasteiger partial charge < -0.3 is 10.0 Å². The lowest BCUT2D eigenvalue weighted by atomic mass is 9.67. The molecule has 0 aliphatic heterocycles. The van der Waals surface area contributed by atoms with E-state index in [0.29, 0.717) is 5.46 Å². The van der Waals surface area contributed by atoms with Crippen LogP contribution in [0.3, 0.4) is 0 Å². The molecule has 19 heavy (non-hydrogen) atoms. The molecule has 2 nitrogen and oxygen atoms in total. The van der Waals surface area contributed by atoms with Crippen molar-refractivity contribution in [2.45, 2.75) is 19.3 Å². The van der Waals surface area contributed by atoms with E-state index in [4.69, 9.17) is 0 Å². The van der Waals surface area contributed by atoms with Gasteiger partial charge in [-0.15, -0.1) is 0 Å². The molecule has 0 fully saturated rings. The van der Waals surface area contributed by atoms with Gasteiger partial charge in [0, 0.05) is 9.89 Å². The summed E-state index contributed by atoms with van der Waals surface area (Å²) in [4.78, 5) is 0. The van der Waals surface area contributed by atoms with Gasteiger partial charge in [-0.05, 0) is 22.7 Å². The maximum absolute atomic E-state index is 9.53. The lowest BCUT2D eigenvalue weighted by Crippen LogP contribution is -2.38. The smallest absolute Gasteiger partial charge is 0.423 e. The predicted octanol–water partition coefficient (Wildman–Crippen LogP) is 2.45. The maximum atomic E-state index is 9.53. The summed E-state index contributed by atoms with van der Waals surface area (Å²) in [5.74, 6) is 0. The van der Waals surface area contributed by atoms with Crippen molar-refractivity contribution in [3.63, 3.8) is 0 Å². The van der Waals surface area contributed by atoms with Gasteiger partial charge in [0.2, 0.25) is 0 Å². The summed E-state index contributed by atoms with van der Waals surface area (Å²) in [5.41, 5.74) is 2.25. The van der Waals surface area contributed by atoms with Crippen molar-refractivity contribution in [3.05, 3.63) is 64.1 Å². The summed E-state index contributed by atoms with van der Waals surface area (Å²) in [7, 11) is -1.46. The van der Waals surface area contributed by atoms with Crippen LogP contribution in [0.1, 0.15) is 25.0 Å². The van der Waals surface area contributed by atoms with Gasteiger partial charge in [0.15, 0.2) is 0 Å². The van der Waals surface area contributed by atoms with Crippen LogP contribution in [0.15, 0.2) is 53.0 Å². The Kier molecular flexibility index (Phi) is 4.14. The van der Waals surface area contributed by atoms with E-state index >= 15 is 0 Å². The second-order valence-corrected chi connectivity index (χ2v) is 5.92. The van der Waals surface area contributed by atoms with Gasteiger partial charge >= 0.3 is 7.12 Å². The Balaban J connectivity index is 2.60. The van der Waals surface area contributed by atoms with E-state index in [1.807, 2.05) is 42.5 Å². The monoisotopic (exact) mass is 318 g/mol. The van der Waals surface area contributed by atoms with Crippen LogP contribution in [0.2, 0.25) is 0 Å². The van der Waals surface area contributed by atoms with Crippen molar-refractivity contribution in [3.8, 4) is 0 Å². The normalized spacial score (nSPS) is 11.4. The average molecular weight is 319 g/mol. The standard InChI is InChI=1S/C15H16BBrO2/c1-15(2,12-8-4-6-10-14(12)17)11-7-3-5-9-13(11)16(18)19/h3-10,18-19H,1-2H3. The summed E-state index contributed by atoms with van der Waals surface area (Å²) in [6.45, 7) is 4.16. The Morgan fingerprint density at radius 3 is 2.00 bits per heavy atom. The SMILES string of the molecule is CC(C)(c1ccccc1Br)c1ccccc1B(O)O. The molecule has 0 unspecified atom stereocenters. The van der Waals surface area contributed by atoms with Crippen molar-refractivity contribution in [1.82, 2.24) is 0 Å². The third-order valence-corrected chi connectivity index (χ3v) is 4.15. The number of rotatable bonds is 3. The van der Waals surface area contributed by atoms with Crippen molar-refractivity contribution >= 4 is 28.5 Å². The van der Waals surface area contributed by atoms with E-state index in [9.17, 15) is 10.0 Å². The van der Waals surface area contributed by atoms with Crippen LogP contribution in [0.5, 0.6) is 0 Å². The fourth-order valence-electron chi connectivity index (χ4n) is 2.40. The minimum atomic E-state index is -1.46. The van der Waals surface area contributed by atoms with Gasteiger partial charge in [-0.25, -0.2) is 0 Å². The van der Waals surface area contributed by atoms with E-state index in [0.717, 1.165) is 15.6 Å². The summed E-state index contributed by atoms with van der Waals surface area (Å²) in [6.07, 6.45) is 0. The Morgan fingerprint density at radius 1 is 0.895 bits per heavy atom. The van der Waals surface area contributed by atoms with Crippen LogP contribution < -0.4 is 5.46 Å². The van der Waals surface area contributed by atoms with Crippen molar-refractivity contribution in [2.75, 3.05) is 0 Å². The zero-order chi connectivity index (χ0) is 14.0. The molecule has 4 heteroatoms. The van der Waals surface area contributed by atoms with Gasteiger partial charge in [0.1, 0.15) is 0 Å². The first-order chi connectivity index (χ1) is 8.94. The summed E-state index contributed by atoms with van der Waals surface area (Å²) in [6, 6.07) is 15.4. The van der Waals surface area contributed by atoms with Crippen LogP contribution in [-0.4, -0.2) is 17.2 Å². The molecule has 2 aromatic carbocycles. The molecule has 0 aliphatic rings. The Morgan fingerprint density at radius 2 is 1.42 bits per heavy atom. The molecule has 0 atom stereocenters. The van der Waals surface area contributed by atoms with Crippen molar-refractivity contribution in [1.29, 1.82) is 0 Å². The van der Waals surface area contributed by atoms with E-state index in [-0.39, 0.29) is 5.41 Å². The number of halogens is 1. The number of hydrogen-bond acceptors (Lipinski definition) is 2. The van der Waals surface area contributed by atoms with Crippen molar-refractivity contribution in [2.24, 2.45) is 0 Å². The summed E-state index contributed by atoms with van der Waals surface area (Å²) >= 11 is 3.57. The second-order valence-electron chi connectivity index (χ2n) is 5.07. The molecule has 98 valence electrons. The van der Waals surface area contributed by atoms with Gasteiger partial charge in [-0.3, -0.25) is 0 Å². The topological polar surface area (TPSA) is 40.5 Å². The van der Waals surface area contributed by atoms with Gasteiger partial charge in [-0.1, -0.05) is 72.2 Å². The number of hydrogen-bond donors (Lipinski definition) is 2. The van der Waals surface area contributed by atoms with Crippen LogP contribution >= 0.6 is 15.9 Å². The molecular weight excluding hydrogens is 303 g/mol. The Bertz CT molecular complexity index is 582. The molecule has 0 aromatic heterocycles. The molecule has 0 aliphatic carbocycles. The highest BCUT2D eigenvalue weighted by Gasteiger charge is 2.30. The average Bonchev–Trinajstić information content (AvgIpc) is 2.39. The third-order valence-electron chi connectivity index (χ3n) is 3.46. The fraction of sp³-hybridized carbons (Fsp3) is 0.200. The summed E-state index contributed by atoms with van der Waals surface area (Å²) in [5, 5.41) is 19.1. The molecule has 2 N–H and O–H groups in total. The second kappa shape index (κ2) is 5.49. The van der Waals surface area contributed by atoms with E-state index in [1.165, 1.54) is 0 Å². The van der Waals surface area contributed by atoms with Gasteiger partial charge in [0.05, 0.1) is 0 Å². The Hall–Kier alpha value is -1.10. The molecular formula is C15H16BBrO2. The quantitative estimate of drug-likeness (QED) is 0.853. The first-order valence-corrected chi connectivity index (χ1v) is 6.94. The minimum Gasteiger partial charge on any atom is -0.423 e. The van der Waals surface area contributed by atoms with Crippen LogP contribution in [-0.2, 0) is 5.41 Å². The largest absolute Gasteiger partial charge is 0.488 e. The number of benzene rings is 2. The molecule has 2 aromatic rings. The zero-order valence-electron chi connectivity index (χ0n) is 11.0. The molecule has 0 heterocycles. The molecule has 0 saturated carbocycles. The molecule has 0 spiro atoms. The van der Waals surface area contributed by atoms with E-state index in [2.05, 4.69) is 29.8 Å². The predicted molar refractivity (Wildman–Crippen MR) is 82.5 cm³/mol. The minimum absolute atomic E-state index is 0.319. The molecule has 2 rings (SSSR count). The van der Waals surface area contributed by atoms with Crippen LogP contribution in [0, 0.1) is 0 Å². The first kappa shape index (κ1) is 14.3. The highest BCUT2D eigenvalue weighted by molar-refractivity contribution is 9.10. The third kappa shape index (κ3) is 2.76. The lowest BCUT2D eigenvalue weighted by molar-refractivity contribution is 0.424. The molecule has 0 radical (unpaired) electrons. The van der Waals surface area contributed by atoms with E-state index < -0.39 is 7.12 Å². The molecule has 0 saturated heterocycles.